The van der Waals surface area contributed by atoms with Crippen LogP contribution in [0.1, 0.15) is 56.2 Å². The van der Waals surface area contributed by atoms with Crippen molar-refractivity contribution >= 4 is 23.6 Å². The third kappa shape index (κ3) is 4.94. The van der Waals surface area contributed by atoms with Crippen LogP contribution < -0.4 is 0 Å². The molecule has 2 aliphatic rings. The predicted octanol–water partition coefficient (Wildman–Crippen LogP) is 5.74. The van der Waals surface area contributed by atoms with Crippen LogP contribution in [0.15, 0.2) is 54.6 Å². The van der Waals surface area contributed by atoms with E-state index in [1.54, 1.807) is 0 Å². The van der Waals surface area contributed by atoms with Gasteiger partial charge in [-0.3, -0.25) is 4.79 Å². The highest BCUT2D eigenvalue weighted by molar-refractivity contribution is 6.30. The van der Waals surface area contributed by atoms with Crippen LogP contribution >= 0.6 is 11.6 Å². The number of hydrogen-bond acceptors (Lipinski definition) is 4. The Bertz CT molecular complexity index is 928. The quantitative estimate of drug-likeness (QED) is 0.593. The minimum Gasteiger partial charge on any atom is -0.446 e. The molecule has 2 aromatic rings. The molecule has 2 fully saturated rings. The zero-order valence-electron chi connectivity index (χ0n) is 17.9. The molecule has 2 aromatic carbocycles. The van der Waals surface area contributed by atoms with Crippen molar-refractivity contribution in [2.45, 2.75) is 50.7 Å². The SMILES string of the molecule is CC1(C)C[C@@H]([C@@H](CC(=O)N2C(=O)OC[C@@H]2c2ccccc2)c2ccc(Cl)cc2)CCO1. The van der Waals surface area contributed by atoms with Crippen LogP contribution in [0.5, 0.6) is 0 Å². The second-order valence-electron chi connectivity index (χ2n) is 8.99. The number of carbonyl (C=O) groups excluding carboxylic acids is 2. The van der Waals surface area contributed by atoms with Crippen LogP contribution in [0.4, 0.5) is 4.79 Å². The average Bonchev–Trinajstić information content (AvgIpc) is 3.14. The lowest BCUT2D eigenvalue weighted by atomic mass is 9.75. The summed E-state index contributed by atoms with van der Waals surface area (Å²) in [6.07, 6.45) is 1.39. The smallest absolute Gasteiger partial charge is 0.417 e. The maximum absolute atomic E-state index is 13.5. The van der Waals surface area contributed by atoms with Crippen LogP contribution in [0.3, 0.4) is 0 Å². The van der Waals surface area contributed by atoms with E-state index in [1.165, 1.54) is 4.90 Å². The van der Waals surface area contributed by atoms with Crippen LogP contribution in [0.25, 0.3) is 0 Å². The Hall–Kier alpha value is -2.37. The van der Waals surface area contributed by atoms with Crippen LogP contribution in [-0.2, 0) is 14.3 Å². The number of ether oxygens (including phenoxy) is 2. The molecule has 164 valence electrons. The van der Waals surface area contributed by atoms with Crippen LogP contribution in [0, 0.1) is 5.92 Å². The van der Waals surface area contributed by atoms with E-state index < -0.39 is 12.1 Å². The van der Waals surface area contributed by atoms with Gasteiger partial charge in [0.25, 0.3) is 0 Å². The Morgan fingerprint density at radius 2 is 1.87 bits per heavy atom. The first kappa shape index (κ1) is 21.8. The predicted molar refractivity (Wildman–Crippen MR) is 119 cm³/mol. The molecule has 2 heterocycles. The summed E-state index contributed by atoms with van der Waals surface area (Å²) >= 11 is 6.11. The summed E-state index contributed by atoms with van der Waals surface area (Å²) in [7, 11) is 0. The largest absolute Gasteiger partial charge is 0.446 e. The molecule has 0 unspecified atom stereocenters. The highest BCUT2D eigenvalue weighted by Crippen LogP contribution is 2.41. The highest BCUT2D eigenvalue weighted by Gasteiger charge is 2.41. The normalized spacial score (nSPS) is 24.0. The number of amides is 2. The van der Waals surface area contributed by atoms with Gasteiger partial charge in [-0.1, -0.05) is 54.1 Å². The summed E-state index contributed by atoms with van der Waals surface area (Å²) in [5, 5.41) is 0.661. The number of cyclic esters (lactones) is 1. The molecule has 2 aliphatic heterocycles. The molecule has 0 aromatic heterocycles. The van der Waals surface area contributed by atoms with Crippen LogP contribution in [-0.4, -0.2) is 35.7 Å². The zero-order chi connectivity index (χ0) is 22.0. The summed E-state index contributed by atoms with van der Waals surface area (Å²) in [4.78, 5) is 27.2. The molecule has 3 atom stereocenters. The molecule has 4 rings (SSSR count). The molecular formula is C25H28ClNO4. The Labute approximate surface area is 188 Å². The number of imide groups is 1. The standard InChI is InChI=1S/C25H28ClNO4/c1-25(2)15-19(12-13-31-25)21(17-8-10-20(26)11-9-17)14-23(28)27-22(16-30-24(27)29)18-6-4-3-5-7-18/h3-11,19,21-22H,12-16H2,1-2H3/t19-,21-,22+/m0/s1. The number of carbonyl (C=O) groups is 2. The Morgan fingerprint density at radius 3 is 2.55 bits per heavy atom. The summed E-state index contributed by atoms with van der Waals surface area (Å²) < 4.78 is 11.2. The van der Waals surface area contributed by atoms with Gasteiger partial charge in [0.15, 0.2) is 0 Å². The maximum Gasteiger partial charge on any atom is 0.417 e. The van der Waals surface area contributed by atoms with Gasteiger partial charge >= 0.3 is 6.09 Å². The number of hydrogen-bond donors (Lipinski definition) is 0. The lowest BCUT2D eigenvalue weighted by Gasteiger charge is -2.39. The van der Waals surface area contributed by atoms with Gasteiger partial charge in [-0.05, 0) is 61.8 Å². The Morgan fingerprint density at radius 1 is 1.16 bits per heavy atom. The van der Waals surface area contributed by atoms with Gasteiger partial charge in [0.1, 0.15) is 12.6 Å². The molecule has 2 amide bonds. The van der Waals surface area contributed by atoms with Crippen molar-refractivity contribution in [3.63, 3.8) is 0 Å². The molecular weight excluding hydrogens is 414 g/mol. The molecule has 6 heteroatoms. The van der Waals surface area contributed by atoms with E-state index in [1.807, 2.05) is 54.6 Å². The summed E-state index contributed by atoms with van der Waals surface area (Å²) in [5.74, 6) is 0.0287. The molecule has 2 saturated heterocycles. The van der Waals surface area contributed by atoms with E-state index in [2.05, 4.69) is 13.8 Å². The van der Waals surface area contributed by atoms with Gasteiger partial charge in [0.05, 0.1) is 5.60 Å². The number of rotatable bonds is 5. The first-order chi connectivity index (χ1) is 14.8. The number of benzene rings is 2. The second-order valence-corrected chi connectivity index (χ2v) is 9.43. The van der Waals surface area contributed by atoms with Crippen molar-refractivity contribution in [2.75, 3.05) is 13.2 Å². The van der Waals surface area contributed by atoms with Crippen molar-refractivity contribution in [3.8, 4) is 0 Å². The number of nitrogens with zero attached hydrogens (tertiary/aromatic N) is 1. The molecule has 0 spiro atoms. The van der Waals surface area contributed by atoms with E-state index in [0.29, 0.717) is 11.6 Å². The minimum absolute atomic E-state index is 0.0298. The molecule has 0 saturated carbocycles. The van der Waals surface area contributed by atoms with Crippen molar-refractivity contribution in [2.24, 2.45) is 5.92 Å². The Kier molecular flexibility index (Phi) is 6.35. The summed E-state index contributed by atoms with van der Waals surface area (Å²) in [6, 6.07) is 16.9. The average molecular weight is 442 g/mol. The van der Waals surface area contributed by atoms with Gasteiger partial charge in [-0.2, -0.15) is 0 Å². The van der Waals surface area contributed by atoms with Gasteiger partial charge in [-0.15, -0.1) is 0 Å². The fourth-order valence-electron chi connectivity index (χ4n) is 4.79. The third-order valence-corrected chi connectivity index (χ3v) is 6.58. The fraction of sp³-hybridized carbons (Fsp3) is 0.440. The second kappa shape index (κ2) is 9.01. The van der Waals surface area contributed by atoms with E-state index in [-0.39, 0.29) is 36.4 Å². The first-order valence-corrected chi connectivity index (χ1v) is 11.1. The van der Waals surface area contributed by atoms with Crippen molar-refractivity contribution in [3.05, 3.63) is 70.7 Å². The molecule has 31 heavy (non-hydrogen) atoms. The maximum atomic E-state index is 13.5. The highest BCUT2D eigenvalue weighted by atomic mass is 35.5. The molecule has 0 radical (unpaired) electrons. The van der Waals surface area contributed by atoms with E-state index >= 15 is 0 Å². The van der Waals surface area contributed by atoms with E-state index in [0.717, 1.165) is 24.0 Å². The monoisotopic (exact) mass is 441 g/mol. The molecule has 0 N–H and O–H groups in total. The van der Waals surface area contributed by atoms with Crippen LogP contribution in [0.2, 0.25) is 5.02 Å². The minimum atomic E-state index is -0.569. The van der Waals surface area contributed by atoms with Crippen molar-refractivity contribution in [1.29, 1.82) is 0 Å². The lowest BCUT2D eigenvalue weighted by Crippen LogP contribution is -2.39. The van der Waals surface area contributed by atoms with Gasteiger partial charge in [-0.25, -0.2) is 9.69 Å². The van der Waals surface area contributed by atoms with Gasteiger partial charge < -0.3 is 9.47 Å². The van der Waals surface area contributed by atoms with E-state index in [9.17, 15) is 9.59 Å². The first-order valence-electron chi connectivity index (χ1n) is 10.8. The molecule has 0 aliphatic carbocycles. The van der Waals surface area contributed by atoms with E-state index in [4.69, 9.17) is 21.1 Å². The van der Waals surface area contributed by atoms with Gasteiger partial charge in [0, 0.05) is 18.1 Å². The molecule has 0 bridgehead atoms. The van der Waals surface area contributed by atoms with Crippen molar-refractivity contribution in [1.82, 2.24) is 4.90 Å². The fourth-order valence-corrected chi connectivity index (χ4v) is 4.92. The zero-order valence-corrected chi connectivity index (χ0v) is 18.7. The summed E-state index contributed by atoms with van der Waals surface area (Å²) in [5.41, 5.74) is 1.72. The molecule has 5 nitrogen and oxygen atoms in total. The van der Waals surface area contributed by atoms with Crippen molar-refractivity contribution < 1.29 is 19.1 Å². The topological polar surface area (TPSA) is 55.8 Å². The number of halogens is 1. The van der Waals surface area contributed by atoms with Gasteiger partial charge in [0.2, 0.25) is 5.91 Å². The lowest BCUT2D eigenvalue weighted by molar-refractivity contribution is -0.131. The third-order valence-electron chi connectivity index (χ3n) is 6.32. The summed E-state index contributed by atoms with van der Waals surface area (Å²) in [6.45, 7) is 5.02. The Balaban J connectivity index is 1.60.